The van der Waals surface area contributed by atoms with Crippen LogP contribution in [0.2, 0.25) is 18.1 Å². The van der Waals surface area contributed by atoms with Crippen molar-refractivity contribution < 1.29 is 4.43 Å². The van der Waals surface area contributed by atoms with E-state index in [-0.39, 0.29) is 5.04 Å². The van der Waals surface area contributed by atoms with E-state index in [1.807, 2.05) is 0 Å². The SMILES string of the molecule is CCCC/C=C/C(Br)=C/[C@@H](C)CO[Si](C)(C)C(C)(C)C. The maximum atomic E-state index is 6.25. The minimum atomic E-state index is -1.62. The van der Waals surface area contributed by atoms with Gasteiger partial charge in [0.2, 0.25) is 0 Å². The molecular formula is C17H33BrOSi. The van der Waals surface area contributed by atoms with E-state index in [0.29, 0.717) is 5.92 Å². The van der Waals surface area contributed by atoms with Gasteiger partial charge < -0.3 is 4.43 Å². The summed E-state index contributed by atoms with van der Waals surface area (Å²) in [4.78, 5) is 0. The van der Waals surface area contributed by atoms with Crippen LogP contribution in [0.5, 0.6) is 0 Å². The maximum Gasteiger partial charge on any atom is 0.192 e. The summed E-state index contributed by atoms with van der Waals surface area (Å²) in [6.45, 7) is 16.7. The average Bonchev–Trinajstić information content (AvgIpc) is 2.31. The minimum Gasteiger partial charge on any atom is -0.416 e. The van der Waals surface area contributed by atoms with Gasteiger partial charge in [-0.15, -0.1) is 0 Å². The molecule has 0 aromatic heterocycles. The number of hydrogen-bond acceptors (Lipinski definition) is 1. The van der Waals surface area contributed by atoms with Gasteiger partial charge in [-0.3, -0.25) is 0 Å². The summed E-state index contributed by atoms with van der Waals surface area (Å²) in [5.41, 5.74) is 0. The van der Waals surface area contributed by atoms with Crippen molar-refractivity contribution in [2.75, 3.05) is 6.61 Å². The molecule has 0 aliphatic carbocycles. The van der Waals surface area contributed by atoms with Crippen molar-refractivity contribution in [3.05, 3.63) is 22.7 Å². The number of halogens is 1. The Morgan fingerprint density at radius 3 is 2.40 bits per heavy atom. The van der Waals surface area contributed by atoms with E-state index in [4.69, 9.17) is 4.43 Å². The van der Waals surface area contributed by atoms with Crippen LogP contribution in [0.25, 0.3) is 0 Å². The van der Waals surface area contributed by atoms with Crippen molar-refractivity contribution in [3.8, 4) is 0 Å². The predicted octanol–water partition coefficient (Wildman–Crippen LogP) is 6.67. The summed E-state index contributed by atoms with van der Waals surface area (Å²) in [5, 5.41) is 0.285. The molecule has 118 valence electrons. The van der Waals surface area contributed by atoms with Crippen molar-refractivity contribution in [1.29, 1.82) is 0 Å². The highest BCUT2D eigenvalue weighted by molar-refractivity contribution is 9.11. The van der Waals surface area contributed by atoms with Gasteiger partial charge in [0.15, 0.2) is 8.32 Å². The van der Waals surface area contributed by atoms with Crippen LogP contribution in [0.15, 0.2) is 22.7 Å². The molecule has 1 atom stereocenters. The quantitative estimate of drug-likeness (QED) is 0.266. The highest BCUT2D eigenvalue weighted by Crippen LogP contribution is 2.36. The zero-order valence-corrected chi connectivity index (χ0v) is 17.0. The van der Waals surface area contributed by atoms with Gasteiger partial charge in [-0.1, -0.05) is 81.6 Å². The second kappa shape index (κ2) is 9.21. The molecule has 0 N–H and O–H groups in total. The van der Waals surface area contributed by atoms with E-state index in [1.165, 1.54) is 17.3 Å². The molecule has 0 aliphatic rings. The van der Waals surface area contributed by atoms with Crippen LogP contribution in [0.3, 0.4) is 0 Å². The van der Waals surface area contributed by atoms with Gasteiger partial charge in [0.1, 0.15) is 0 Å². The molecule has 0 radical (unpaired) electrons. The Morgan fingerprint density at radius 1 is 1.30 bits per heavy atom. The van der Waals surface area contributed by atoms with Gasteiger partial charge in [0, 0.05) is 11.1 Å². The third-order valence-electron chi connectivity index (χ3n) is 3.96. The Balaban J connectivity index is 4.28. The van der Waals surface area contributed by atoms with Gasteiger partial charge in [-0.25, -0.2) is 0 Å². The van der Waals surface area contributed by atoms with Crippen LogP contribution in [-0.2, 0) is 4.43 Å². The Hall–Kier alpha value is 0.137. The fraction of sp³-hybridized carbons (Fsp3) is 0.765. The van der Waals surface area contributed by atoms with E-state index in [9.17, 15) is 0 Å². The molecule has 0 bridgehead atoms. The summed E-state index contributed by atoms with van der Waals surface area (Å²) < 4.78 is 7.42. The van der Waals surface area contributed by atoms with Crippen molar-refractivity contribution in [2.45, 2.75) is 72.0 Å². The van der Waals surface area contributed by atoms with E-state index < -0.39 is 8.32 Å². The molecule has 1 nitrogen and oxygen atoms in total. The molecule has 0 fully saturated rings. The van der Waals surface area contributed by atoms with E-state index in [1.54, 1.807) is 0 Å². The molecule has 20 heavy (non-hydrogen) atoms. The van der Waals surface area contributed by atoms with Crippen LogP contribution >= 0.6 is 15.9 Å². The lowest BCUT2D eigenvalue weighted by molar-refractivity contribution is 0.259. The van der Waals surface area contributed by atoms with Crippen molar-refractivity contribution in [2.24, 2.45) is 5.92 Å². The molecule has 0 saturated heterocycles. The number of rotatable bonds is 8. The first kappa shape index (κ1) is 20.1. The molecule has 0 amide bonds. The van der Waals surface area contributed by atoms with Crippen LogP contribution in [0.1, 0.15) is 53.9 Å². The van der Waals surface area contributed by atoms with Crippen molar-refractivity contribution >= 4 is 24.2 Å². The van der Waals surface area contributed by atoms with Gasteiger partial charge in [0.25, 0.3) is 0 Å². The fourth-order valence-corrected chi connectivity index (χ4v) is 3.20. The topological polar surface area (TPSA) is 9.23 Å². The number of unbranched alkanes of at least 4 members (excludes halogenated alkanes) is 2. The first-order valence-electron chi connectivity index (χ1n) is 7.78. The van der Waals surface area contributed by atoms with Gasteiger partial charge in [-0.2, -0.15) is 0 Å². The van der Waals surface area contributed by atoms with Gasteiger partial charge in [-0.05, 0) is 30.5 Å². The second-order valence-corrected chi connectivity index (χ2v) is 12.9. The van der Waals surface area contributed by atoms with Crippen molar-refractivity contribution in [3.63, 3.8) is 0 Å². The molecule has 0 unspecified atom stereocenters. The van der Waals surface area contributed by atoms with Crippen molar-refractivity contribution in [1.82, 2.24) is 0 Å². The standard InChI is InChI=1S/C17H33BrOSi/c1-8-9-10-11-12-16(18)13-15(2)14-19-20(6,7)17(3,4)5/h11-13,15H,8-10,14H2,1-7H3/b12-11+,16-13-/t15-/m1/s1. The molecule has 0 spiro atoms. The van der Waals surface area contributed by atoms with Crippen LogP contribution < -0.4 is 0 Å². The van der Waals surface area contributed by atoms with E-state index >= 15 is 0 Å². The Labute approximate surface area is 136 Å². The summed E-state index contributed by atoms with van der Waals surface area (Å²) in [7, 11) is -1.62. The third kappa shape index (κ3) is 8.43. The number of allylic oxidation sites excluding steroid dienone is 3. The zero-order valence-electron chi connectivity index (χ0n) is 14.4. The Morgan fingerprint density at radius 2 is 1.90 bits per heavy atom. The molecule has 0 rings (SSSR count). The summed E-state index contributed by atoms with van der Waals surface area (Å²) in [6, 6.07) is 0. The van der Waals surface area contributed by atoms with Crippen LogP contribution in [0.4, 0.5) is 0 Å². The van der Waals surface area contributed by atoms with E-state index in [2.05, 4.69) is 81.9 Å². The Bertz CT molecular complexity index is 326. The lowest BCUT2D eigenvalue weighted by Gasteiger charge is -2.36. The molecular weight excluding hydrogens is 328 g/mol. The normalized spacial score (nSPS) is 15.9. The lowest BCUT2D eigenvalue weighted by atomic mass is 10.2. The van der Waals surface area contributed by atoms with Crippen LogP contribution in [0, 0.1) is 5.92 Å². The lowest BCUT2D eigenvalue weighted by Crippen LogP contribution is -2.41. The molecule has 0 aliphatic heterocycles. The molecule has 3 heteroatoms. The highest BCUT2D eigenvalue weighted by atomic mass is 79.9. The largest absolute Gasteiger partial charge is 0.416 e. The monoisotopic (exact) mass is 360 g/mol. The predicted molar refractivity (Wildman–Crippen MR) is 98.0 cm³/mol. The maximum absolute atomic E-state index is 6.25. The smallest absolute Gasteiger partial charge is 0.192 e. The fourth-order valence-electron chi connectivity index (χ4n) is 1.45. The van der Waals surface area contributed by atoms with Gasteiger partial charge in [0.05, 0.1) is 0 Å². The molecule has 0 aromatic rings. The summed E-state index contributed by atoms with van der Waals surface area (Å²) in [5.74, 6) is 0.439. The Kier molecular flexibility index (Phi) is 9.28. The first-order valence-corrected chi connectivity index (χ1v) is 11.5. The highest BCUT2D eigenvalue weighted by Gasteiger charge is 2.37. The van der Waals surface area contributed by atoms with Gasteiger partial charge >= 0.3 is 0 Å². The summed E-state index contributed by atoms with van der Waals surface area (Å²) >= 11 is 3.62. The summed E-state index contributed by atoms with van der Waals surface area (Å²) in [6.07, 6.45) is 10.3. The first-order chi connectivity index (χ1) is 9.10. The second-order valence-electron chi connectivity index (χ2n) is 7.14. The zero-order chi connectivity index (χ0) is 15.8. The molecule has 0 heterocycles. The molecule has 0 aromatic carbocycles. The van der Waals surface area contributed by atoms with E-state index in [0.717, 1.165) is 13.0 Å². The average molecular weight is 361 g/mol. The third-order valence-corrected chi connectivity index (χ3v) is 8.99. The molecule has 0 saturated carbocycles. The number of hydrogen-bond donors (Lipinski definition) is 0. The minimum absolute atomic E-state index is 0.285. The van der Waals surface area contributed by atoms with Crippen LogP contribution in [-0.4, -0.2) is 14.9 Å².